The minimum Gasteiger partial charge on any atom is -0.299 e. The zero-order chi connectivity index (χ0) is 12.6. The van der Waals surface area contributed by atoms with Gasteiger partial charge in [-0.1, -0.05) is 36.4 Å². The van der Waals surface area contributed by atoms with Crippen molar-refractivity contribution in [1.29, 1.82) is 0 Å². The van der Waals surface area contributed by atoms with E-state index >= 15 is 0 Å². The Morgan fingerprint density at radius 1 is 1.41 bits per heavy atom. The molecule has 0 N–H and O–H groups in total. The van der Waals surface area contributed by atoms with Gasteiger partial charge in [-0.2, -0.15) is 0 Å². The molecule has 1 aromatic rings. The largest absolute Gasteiger partial charge is 0.299 e. The van der Waals surface area contributed by atoms with E-state index in [1.807, 2.05) is 6.20 Å². The first-order chi connectivity index (χ1) is 7.89. The van der Waals surface area contributed by atoms with Gasteiger partial charge < -0.3 is 0 Å². The van der Waals surface area contributed by atoms with Crippen LogP contribution >= 0.6 is 11.6 Å². The molecule has 0 bridgehead atoms. The number of likely N-dealkylation sites (tertiary alicyclic amines) is 1. The van der Waals surface area contributed by atoms with E-state index in [-0.39, 0.29) is 0 Å². The van der Waals surface area contributed by atoms with Crippen LogP contribution in [0.3, 0.4) is 0 Å². The average molecular weight is 269 g/mol. The molecule has 2 heterocycles. The lowest BCUT2D eigenvalue weighted by atomic mass is 10.1. The number of pyridine rings is 1. The first-order valence-corrected chi connectivity index (χ1v) is 10.1. The molecule has 2 nitrogen and oxygen atoms in total. The van der Waals surface area contributed by atoms with E-state index in [0.717, 1.165) is 0 Å². The fourth-order valence-corrected chi connectivity index (χ4v) is 4.58. The van der Waals surface area contributed by atoms with Gasteiger partial charge in [0.25, 0.3) is 0 Å². The number of hydrogen-bond donors (Lipinski definition) is 0. The van der Waals surface area contributed by atoms with E-state index in [2.05, 4.69) is 42.6 Å². The molecular weight excluding hydrogens is 248 g/mol. The van der Waals surface area contributed by atoms with E-state index in [4.69, 9.17) is 11.6 Å². The molecule has 0 aliphatic carbocycles. The van der Waals surface area contributed by atoms with Gasteiger partial charge in [0.1, 0.15) is 5.15 Å². The number of nitrogens with zero attached hydrogens (tertiary/aromatic N) is 2. The fraction of sp³-hybridized carbons (Fsp3) is 0.615. The summed E-state index contributed by atoms with van der Waals surface area (Å²) in [4.78, 5) is 6.73. The van der Waals surface area contributed by atoms with Gasteiger partial charge in [-0.3, -0.25) is 4.90 Å². The monoisotopic (exact) mass is 268 g/mol. The van der Waals surface area contributed by atoms with Gasteiger partial charge in [0.2, 0.25) is 0 Å². The van der Waals surface area contributed by atoms with Gasteiger partial charge in [0, 0.05) is 12.2 Å². The van der Waals surface area contributed by atoms with Crippen LogP contribution in [-0.2, 0) is 0 Å². The Balaban J connectivity index is 2.46. The van der Waals surface area contributed by atoms with Crippen LogP contribution in [0.15, 0.2) is 12.3 Å². The first-order valence-electron chi connectivity index (χ1n) is 6.26. The van der Waals surface area contributed by atoms with Gasteiger partial charge in [0.15, 0.2) is 0 Å². The van der Waals surface area contributed by atoms with Crippen molar-refractivity contribution in [3.8, 4) is 0 Å². The van der Waals surface area contributed by atoms with Crippen molar-refractivity contribution in [3.63, 3.8) is 0 Å². The summed E-state index contributed by atoms with van der Waals surface area (Å²) in [7, 11) is 0.851. The minimum absolute atomic E-state index is 0.543. The zero-order valence-electron chi connectivity index (χ0n) is 11.1. The standard InChI is InChI=1S/C13H21ClN2Si/c1-16-7-5-6-11(16)10-9-15-13(14)8-12(10)17(2,3)4/h8-9,11H,5-7H2,1-4H3/t11-/m0/s1. The summed E-state index contributed by atoms with van der Waals surface area (Å²) in [6.45, 7) is 8.31. The third-order valence-electron chi connectivity index (χ3n) is 3.59. The molecule has 0 amide bonds. The summed E-state index contributed by atoms with van der Waals surface area (Å²) in [6.07, 6.45) is 4.54. The normalized spacial score (nSPS) is 22.1. The summed E-state index contributed by atoms with van der Waals surface area (Å²) in [5, 5.41) is 2.10. The second-order valence-electron chi connectivity index (χ2n) is 5.98. The van der Waals surface area contributed by atoms with E-state index < -0.39 is 8.07 Å². The number of halogens is 1. The van der Waals surface area contributed by atoms with Crippen LogP contribution < -0.4 is 5.19 Å². The quantitative estimate of drug-likeness (QED) is 0.605. The van der Waals surface area contributed by atoms with Crippen molar-refractivity contribution in [2.24, 2.45) is 0 Å². The molecule has 1 aromatic heterocycles. The Labute approximate surface area is 110 Å². The molecule has 1 aliphatic rings. The molecule has 17 heavy (non-hydrogen) atoms. The van der Waals surface area contributed by atoms with Crippen molar-refractivity contribution in [2.45, 2.75) is 38.5 Å². The summed E-state index contributed by atoms with van der Waals surface area (Å²) in [5.74, 6) is 0. The van der Waals surface area contributed by atoms with Gasteiger partial charge in [-0.05, 0) is 38.1 Å². The van der Waals surface area contributed by atoms with Crippen LogP contribution in [0.1, 0.15) is 24.4 Å². The maximum absolute atomic E-state index is 6.06. The molecule has 0 unspecified atom stereocenters. The Kier molecular flexibility index (Phi) is 3.62. The maximum atomic E-state index is 6.06. The van der Waals surface area contributed by atoms with Crippen molar-refractivity contribution in [2.75, 3.05) is 13.6 Å². The molecular formula is C13H21ClN2Si. The van der Waals surface area contributed by atoms with Crippen LogP contribution in [0, 0.1) is 0 Å². The Bertz CT molecular complexity index is 414. The van der Waals surface area contributed by atoms with Gasteiger partial charge >= 0.3 is 0 Å². The average Bonchev–Trinajstić information content (AvgIpc) is 2.63. The molecule has 0 saturated carbocycles. The van der Waals surface area contributed by atoms with Crippen molar-refractivity contribution in [1.82, 2.24) is 9.88 Å². The summed E-state index contributed by atoms with van der Waals surface area (Å²) >= 11 is 6.06. The zero-order valence-corrected chi connectivity index (χ0v) is 12.9. The molecule has 0 spiro atoms. The van der Waals surface area contributed by atoms with Crippen molar-refractivity contribution >= 4 is 24.9 Å². The van der Waals surface area contributed by atoms with E-state index in [1.165, 1.54) is 30.1 Å². The topological polar surface area (TPSA) is 16.1 Å². The SMILES string of the molecule is CN1CCC[C@H]1c1cnc(Cl)cc1[Si](C)(C)C. The molecule has 0 radical (unpaired) electrons. The van der Waals surface area contributed by atoms with E-state index in [1.54, 1.807) is 0 Å². The third-order valence-corrected chi connectivity index (χ3v) is 5.84. The molecule has 0 aromatic carbocycles. The summed E-state index contributed by atoms with van der Waals surface area (Å²) in [5.41, 5.74) is 1.41. The van der Waals surface area contributed by atoms with Crippen LogP contribution in [0.4, 0.5) is 0 Å². The molecule has 1 saturated heterocycles. The second-order valence-corrected chi connectivity index (χ2v) is 11.4. The highest BCUT2D eigenvalue weighted by atomic mass is 35.5. The predicted octanol–water partition coefficient (Wildman–Crippen LogP) is 3.05. The van der Waals surface area contributed by atoms with Crippen LogP contribution in [0.25, 0.3) is 0 Å². The van der Waals surface area contributed by atoms with Gasteiger partial charge in [0.05, 0.1) is 8.07 Å². The lowest BCUT2D eigenvalue weighted by molar-refractivity contribution is 0.318. The molecule has 1 fully saturated rings. The molecule has 4 heteroatoms. The highest BCUT2D eigenvalue weighted by molar-refractivity contribution is 6.89. The smallest absolute Gasteiger partial charge is 0.128 e. The fourth-order valence-electron chi connectivity index (χ4n) is 2.66. The summed E-state index contributed by atoms with van der Waals surface area (Å²) in [6, 6.07) is 2.64. The predicted molar refractivity (Wildman–Crippen MR) is 76.8 cm³/mol. The number of aromatic nitrogens is 1. The van der Waals surface area contributed by atoms with E-state index in [9.17, 15) is 0 Å². The van der Waals surface area contributed by atoms with Crippen molar-refractivity contribution < 1.29 is 0 Å². The highest BCUT2D eigenvalue weighted by Gasteiger charge is 2.29. The van der Waals surface area contributed by atoms with Crippen LogP contribution in [0.2, 0.25) is 24.8 Å². The van der Waals surface area contributed by atoms with Crippen LogP contribution in [0.5, 0.6) is 0 Å². The Morgan fingerprint density at radius 2 is 2.12 bits per heavy atom. The number of rotatable bonds is 2. The lowest BCUT2D eigenvalue weighted by Gasteiger charge is -2.27. The Morgan fingerprint density at radius 3 is 2.65 bits per heavy atom. The lowest BCUT2D eigenvalue weighted by Crippen LogP contribution is -2.42. The van der Waals surface area contributed by atoms with Gasteiger partial charge in [-0.25, -0.2) is 4.98 Å². The third kappa shape index (κ3) is 2.72. The first kappa shape index (κ1) is 13.1. The minimum atomic E-state index is -1.36. The van der Waals surface area contributed by atoms with E-state index in [0.29, 0.717) is 11.2 Å². The molecule has 94 valence electrons. The summed E-state index contributed by atoms with van der Waals surface area (Å²) < 4.78 is 0. The molecule has 1 atom stereocenters. The van der Waals surface area contributed by atoms with Crippen molar-refractivity contribution in [3.05, 3.63) is 23.0 Å². The second kappa shape index (κ2) is 4.71. The number of hydrogen-bond acceptors (Lipinski definition) is 2. The maximum Gasteiger partial charge on any atom is 0.128 e. The van der Waals surface area contributed by atoms with Gasteiger partial charge in [-0.15, -0.1) is 0 Å². The molecule has 1 aliphatic heterocycles. The molecule has 2 rings (SSSR count). The highest BCUT2D eigenvalue weighted by Crippen LogP contribution is 2.30. The van der Waals surface area contributed by atoms with Crippen LogP contribution in [-0.4, -0.2) is 31.6 Å². The Hall–Kier alpha value is -0.383.